The zero-order chi connectivity index (χ0) is 14.4. The average molecular weight is 270 g/mol. The monoisotopic (exact) mass is 270 g/mol. The van der Waals surface area contributed by atoms with E-state index in [4.69, 9.17) is 5.11 Å². The Morgan fingerprint density at radius 1 is 1.32 bits per heavy atom. The van der Waals surface area contributed by atoms with E-state index in [1.165, 1.54) is 0 Å². The number of likely N-dealkylation sites (tertiary alicyclic amines) is 1. The minimum atomic E-state index is -0.704. The first-order chi connectivity index (χ1) is 8.93. The zero-order valence-electron chi connectivity index (χ0n) is 12.9. The van der Waals surface area contributed by atoms with Crippen molar-refractivity contribution in [2.24, 2.45) is 5.92 Å². The maximum Gasteiger partial charge on any atom is 0.317 e. The number of hydrogen-bond donors (Lipinski definition) is 1. The lowest BCUT2D eigenvalue weighted by atomic mass is 9.99. The van der Waals surface area contributed by atoms with Gasteiger partial charge in [-0.05, 0) is 45.2 Å². The maximum absolute atomic E-state index is 11.0. The molecule has 1 fully saturated rings. The molecule has 0 saturated carbocycles. The van der Waals surface area contributed by atoms with E-state index < -0.39 is 5.97 Å². The molecule has 1 saturated heterocycles. The molecule has 1 N–H and O–H groups in total. The van der Waals surface area contributed by atoms with Crippen LogP contribution in [-0.4, -0.2) is 59.1 Å². The Bertz CT molecular complexity index is 273. The van der Waals surface area contributed by atoms with Gasteiger partial charge in [0.15, 0.2) is 0 Å². The lowest BCUT2D eigenvalue weighted by molar-refractivity contribution is -0.140. The largest absolute Gasteiger partial charge is 0.480 e. The SMILES string of the molecule is CCC(C)N(CC(=O)O)C1CCN(CC(C)C)CC1. The van der Waals surface area contributed by atoms with Crippen LogP contribution in [0.2, 0.25) is 0 Å². The normalized spacial score (nSPS) is 20.1. The average Bonchev–Trinajstić information content (AvgIpc) is 2.35. The number of carbonyl (C=O) groups is 1. The summed E-state index contributed by atoms with van der Waals surface area (Å²) < 4.78 is 0. The Balaban J connectivity index is 2.51. The molecule has 0 aromatic carbocycles. The van der Waals surface area contributed by atoms with E-state index in [2.05, 4.69) is 37.5 Å². The van der Waals surface area contributed by atoms with Crippen molar-refractivity contribution in [3.05, 3.63) is 0 Å². The summed E-state index contributed by atoms with van der Waals surface area (Å²) in [6.45, 7) is 12.3. The molecule has 0 radical (unpaired) electrons. The van der Waals surface area contributed by atoms with Crippen LogP contribution in [-0.2, 0) is 4.79 Å². The van der Waals surface area contributed by atoms with E-state index >= 15 is 0 Å². The van der Waals surface area contributed by atoms with Crippen LogP contribution in [0.3, 0.4) is 0 Å². The molecular formula is C15H30N2O2. The number of rotatable bonds is 7. The van der Waals surface area contributed by atoms with Crippen LogP contribution in [0.5, 0.6) is 0 Å². The molecule has 4 nitrogen and oxygen atoms in total. The number of carboxylic acid groups (broad SMARTS) is 1. The van der Waals surface area contributed by atoms with E-state index in [0.29, 0.717) is 18.0 Å². The van der Waals surface area contributed by atoms with E-state index in [0.717, 1.165) is 38.9 Å². The molecule has 1 aliphatic heterocycles. The van der Waals surface area contributed by atoms with Crippen LogP contribution < -0.4 is 0 Å². The van der Waals surface area contributed by atoms with Gasteiger partial charge in [0, 0.05) is 18.6 Å². The highest BCUT2D eigenvalue weighted by molar-refractivity contribution is 5.69. The number of hydrogen-bond acceptors (Lipinski definition) is 3. The second-order valence-corrected chi connectivity index (χ2v) is 6.25. The first-order valence-corrected chi connectivity index (χ1v) is 7.63. The summed E-state index contributed by atoms with van der Waals surface area (Å²) >= 11 is 0. The molecule has 0 aliphatic carbocycles. The Hall–Kier alpha value is -0.610. The van der Waals surface area contributed by atoms with Crippen LogP contribution in [0.4, 0.5) is 0 Å². The van der Waals surface area contributed by atoms with Crippen molar-refractivity contribution in [1.82, 2.24) is 9.80 Å². The van der Waals surface area contributed by atoms with Crippen molar-refractivity contribution in [2.75, 3.05) is 26.2 Å². The summed E-state index contributed by atoms with van der Waals surface area (Å²) in [5, 5.41) is 9.08. The number of piperidine rings is 1. The van der Waals surface area contributed by atoms with Crippen LogP contribution in [0.15, 0.2) is 0 Å². The van der Waals surface area contributed by atoms with Gasteiger partial charge in [0.1, 0.15) is 0 Å². The minimum Gasteiger partial charge on any atom is -0.480 e. The van der Waals surface area contributed by atoms with Gasteiger partial charge in [0.25, 0.3) is 0 Å². The van der Waals surface area contributed by atoms with Crippen molar-refractivity contribution in [1.29, 1.82) is 0 Å². The summed E-state index contributed by atoms with van der Waals surface area (Å²) in [6.07, 6.45) is 3.22. The highest BCUT2D eigenvalue weighted by Gasteiger charge is 2.28. The van der Waals surface area contributed by atoms with Gasteiger partial charge in [-0.1, -0.05) is 20.8 Å². The molecule has 0 amide bonds. The third-order valence-corrected chi connectivity index (χ3v) is 4.12. The van der Waals surface area contributed by atoms with Crippen LogP contribution in [0, 0.1) is 5.92 Å². The van der Waals surface area contributed by atoms with Gasteiger partial charge in [0.05, 0.1) is 6.54 Å². The highest BCUT2D eigenvalue weighted by Crippen LogP contribution is 2.20. The van der Waals surface area contributed by atoms with Gasteiger partial charge in [-0.2, -0.15) is 0 Å². The number of nitrogens with zero attached hydrogens (tertiary/aromatic N) is 2. The quantitative estimate of drug-likeness (QED) is 0.771. The molecule has 1 atom stereocenters. The predicted octanol–water partition coefficient (Wildman–Crippen LogP) is 2.29. The fourth-order valence-corrected chi connectivity index (χ4v) is 2.99. The Labute approximate surface area is 117 Å². The van der Waals surface area contributed by atoms with E-state index in [1.807, 2.05) is 0 Å². The first kappa shape index (κ1) is 16.4. The van der Waals surface area contributed by atoms with Gasteiger partial charge >= 0.3 is 5.97 Å². The first-order valence-electron chi connectivity index (χ1n) is 7.63. The van der Waals surface area contributed by atoms with Crippen molar-refractivity contribution in [3.63, 3.8) is 0 Å². The third kappa shape index (κ3) is 5.49. The standard InChI is InChI=1S/C15H30N2O2/c1-5-13(4)17(11-15(18)19)14-6-8-16(9-7-14)10-12(2)3/h12-14H,5-11H2,1-4H3,(H,18,19). The third-order valence-electron chi connectivity index (χ3n) is 4.12. The van der Waals surface area contributed by atoms with Crippen LogP contribution in [0.25, 0.3) is 0 Å². The Kier molecular flexibility index (Phi) is 6.80. The summed E-state index contributed by atoms with van der Waals surface area (Å²) in [6, 6.07) is 0.798. The molecule has 1 aliphatic rings. The van der Waals surface area contributed by atoms with Gasteiger partial charge < -0.3 is 10.0 Å². The molecule has 4 heteroatoms. The molecule has 19 heavy (non-hydrogen) atoms. The van der Waals surface area contributed by atoms with Crippen molar-refractivity contribution in [2.45, 2.75) is 59.0 Å². The summed E-state index contributed by atoms with van der Waals surface area (Å²) in [5.74, 6) is 0.00569. The second kappa shape index (κ2) is 7.85. The van der Waals surface area contributed by atoms with Crippen LogP contribution >= 0.6 is 0 Å². The fourth-order valence-electron chi connectivity index (χ4n) is 2.99. The van der Waals surface area contributed by atoms with E-state index in [-0.39, 0.29) is 6.54 Å². The molecule has 112 valence electrons. The van der Waals surface area contributed by atoms with Gasteiger partial charge in [0.2, 0.25) is 0 Å². The molecule has 0 aromatic heterocycles. The molecule has 1 heterocycles. The second-order valence-electron chi connectivity index (χ2n) is 6.25. The maximum atomic E-state index is 11.0. The number of carboxylic acids is 1. The summed E-state index contributed by atoms with van der Waals surface area (Å²) in [5.41, 5.74) is 0. The molecule has 0 spiro atoms. The van der Waals surface area contributed by atoms with Crippen molar-refractivity contribution >= 4 is 5.97 Å². The molecule has 0 bridgehead atoms. The fraction of sp³-hybridized carbons (Fsp3) is 0.933. The van der Waals surface area contributed by atoms with Crippen molar-refractivity contribution < 1.29 is 9.90 Å². The lowest BCUT2D eigenvalue weighted by Crippen LogP contribution is -2.50. The summed E-state index contributed by atoms with van der Waals surface area (Å²) in [4.78, 5) is 15.7. The molecule has 0 aromatic rings. The van der Waals surface area contributed by atoms with E-state index in [9.17, 15) is 4.79 Å². The predicted molar refractivity (Wildman–Crippen MR) is 78.4 cm³/mol. The highest BCUT2D eigenvalue weighted by atomic mass is 16.4. The Morgan fingerprint density at radius 2 is 1.89 bits per heavy atom. The molecular weight excluding hydrogens is 240 g/mol. The minimum absolute atomic E-state index is 0.184. The summed E-state index contributed by atoms with van der Waals surface area (Å²) in [7, 11) is 0. The van der Waals surface area contributed by atoms with Gasteiger partial charge in [-0.15, -0.1) is 0 Å². The zero-order valence-corrected chi connectivity index (χ0v) is 12.9. The van der Waals surface area contributed by atoms with Crippen LogP contribution in [0.1, 0.15) is 47.0 Å². The topological polar surface area (TPSA) is 43.8 Å². The molecule has 1 rings (SSSR count). The number of aliphatic carboxylic acids is 1. The van der Waals surface area contributed by atoms with Gasteiger partial charge in [-0.25, -0.2) is 0 Å². The molecule has 1 unspecified atom stereocenters. The van der Waals surface area contributed by atoms with Crippen molar-refractivity contribution in [3.8, 4) is 0 Å². The Morgan fingerprint density at radius 3 is 2.32 bits per heavy atom. The van der Waals surface area contributed by atoms with E-state index in [1.54, 1.807) is 0 Å². The van der Waals surface area contributed by atoms with Gasteiger partial charge in [-0.3, -0.25) is 9.69 Å². The smallest absolute Gasteiger partial charge is 0.317 e. The lowest BCUT2D eigenvalue weighted by Gasteiger charge is -2.41.